The van der Waals surface area contributed by atoms with Crippen molar-refractivity contribution in [3.05, 3.63) is 53.9 Å². The Morgan fingerprint density at radius 2 is 1.90 bits per heavy atom. The molecule has 1 aliphatic heterocycles. The first-order valence-corrected chi connectivity index (χ1v) is 13.2. The second-order valence-electron chi connectivity index (χ2n) is 9.94. The minimum absolute atomic E-state index is 0.0421. The number of nitrogens with one attached hydrogen (secondary N) is 1. The Balaban J connectivity index is 1.78. The zero-order valence-electron chi connectivity index (χ0n) is 23.6. The fraction of sp³-hybridized carbons (Fsp3) is 0.517. The molecule has 4 atom stereocenters. The molecule has 0 spiro atoms. The predicted octanol–water partition coefficient (Wildman–Crippen LogP) is 2.95. The van der Waals surface area contributed by atoms with Gasteiger partial charge in [-0.1, -0.05) is 44.2 Å². The number of nitrogens with zero attached hydrogens (tertiary/aromatic N) is 1. The molecule has 0 saturated carbocycles. The summed E-state index contributed by atoms with van der Waals surface area (Å²) in [6, 6.07) is 10.3. The molecule has 1 saturated heterocycles. The van der Waals surface area contributed by atoms with Gasteiger partial charge in [-0.25, -0.2) is 9.78 Å². The van der Waals surface area contributed by atoms with Crippen molar-refractivity contribution < 1.29 is 42.8 Å². The van der Waals surface area contributed by atoms with Gasteiger partial charge in [0.05, 0.1) is 26.4 Å². The van der Waals surface area contributed by atoms with E-state index in [0.29, 0.717) is 19.6 Å². The third-order valence-corrected chi connectivity index (χ3v) is 6.17. The molecule has 1 N–H and O–H groups in total. The first kappa shape index (κ1) is 30.8. The summed E-state index contributed by atoms with van der Waals surface area (Å²) in [6.07, 6.45) is 1.01. The van der Waals surface area contributed by atoms with Gasteiger partial charge in [0, 0.05) is 31.7 Å². The van der Waals surface area contributed by atoms with Crippen LogP contribution in [-0.2, 0) is 35.0 Å². The van der Waals surface area contributed by atoms with E-state index in [4.69, 9.17) is 28.4 Å². The van der Waals surface area contributed by atoms with E-state index in [1.807, 2.05) is 30.3 Å². The van der Waals surface area contributed by atoms with Crippen LogP contribution in [-0.4, -0.2) is 74.8 Å². The molecule has 218 valence electrons. The molecule has 1 fully saturated rings. The molecule has 40 heavy (non-hydrogen) atoms. The number of hydrogen-bond donors (Lipinski definition) is 1. The Bertz CT molecular complexity index is 1130. The molecule has 11 nitrogen and oxygen atoms in total. The number of methoxy groups -OCH3 is 1. The van der Waals surface area contributed by atoms with Crippen LogP contribution in [0.4, 0.5) is 0 Å². The smallest absolute Gasteiger partial charge is 0.331 e. The van der Waals surface area contributed by atoms with Crippen LogP contribution in [0.5, 0.6) is 11.5 Å². The van der Waals surface area contributed by atoms with Crippen LogP contribution in [0.3, 0.4) is 0 Å². The highest BCUT2D eigenvalue weighted by molar-refractivity contribution is 5.98. The number of esters is 2. The number of cyclic esters (lactones) is 1. The van der Waals surface area contributed by atoms with E-state index < -0.39 is 42.9 Å². The summed E-state index contributed by atoms with van der Waals surface area (Å²) in [5.74, 6) is -1.60. The molecule has 2 heterocycles. The zero-order valence-corrected chi connectivity index (χ0v) is 23.6. The van der Waals surface area contributed by atoms with Gasteiger partial charge in [-0.3, -0.25) is 9.59 Å². The van der Waals surface area contributed by atoms with Crippen LogP contribution in [0, 0.1) is 11.8 Å². The van der Waals surface area contributed by atoms with Crippen LogP contribution >= 0.6 is 0 Å². The van der Waals surface area contributed by atoms with E-state index in [1.54, 1.807) is 6.92 Å². The number of ether oxygens (including phenoxy) is 6. The SMILES string of the molecule is COc1ccnc(C(=O)N[C@H]2COC[C@H](Cc3ccccc3)[C@@H](OCC(C)C)[C@H](C)OC2=O)c1OCOC(C)=O. The van der Waals surface area contributed by atoms with Crippen molar-refractivity contribution in [3.8, 4) is 11.5 Å². The van der Waals surface area contributed by atoms with E-state index in [-0.39, 0.29) is 35.6 Å². The Labute approximate surface area is 234 Å². The predicted molar refractivity (Wildman–Crippen MR) is 144 cm³/mol. The molecule has 0 unspecified atom stereocenters. The molecular formula is C29H38N2O9. The molecule has 1 aromatic carbocycles. The average molecular weight is 559 g/mol. The first-order valence-electron chi connectivity index (χ1n) is 13.2. The lowest BCUT2D eigenvalue weighted by atomic mass is 9.91. The summed E-state index contributed by atoms with van der Waals surface area (Å²) >= 11 is 0. The van der Waals surface area contributed by atoms with Crippen molar-refractivity contribution in [1.29, 1.82) is 0 Å². The van der Waals surface area contributed by atoms with Gasteiger partial charge in [0.15, 0.2) is 23.2 Å². The molecule has 0 radical (unpaired) electrons. The van der Waals surface area contributed by atoms with Crippen molar-refractivity contribution in [2.75, 3.05) is 33.7 Å². The number of carbonyl (C=O) groups excluding carboxylic acids is 3. The molecule has 1 aromatic heterocycles. The van der Waals surface area contributed by atoms with Gasteiger partial charge in [-0.05, 0) is 24.8 Å². The molecule has 0 aliphatic carbocycles. The van der Waals surface area contributed by atoms with Crippen LogP contribution in [0.25, 0.3) is 0 Å². The van der Waals surface area contributed by atoms with Crippen molar-refractivity contribution in [2.24, 2.45) is 11.8 Å². The van der Waals surface area contributed by atoms with E-state index in [0.717, 1.165) is 5.56 Å². The largest absolute Gasteiger partial charge is 0.493 e. The second kappa shape index (κ2) is 15.2. The van der Waals surface area contributed by atoms with E-state index in [9.17, 15) is 14.4 Å². The zero-order chi connectivity index (χ0) is 29.1. The number of hydrogen-bond acceptors (Lipinski definition) is 10. The standard InChI is InChI=1S/C29H38N2O9/c1-18(2)14-37-26-19(3)40-29(34)23(16-36-15-22(26)13-21-9-7-6-8-10-21)31-28(33)25-27(39-17-38-20(4)32)24(35-5)11-12-30-25/h6-12,18-19,22-23,26H,13-17H2,1-5H3,(H,31,33)/t19-,22-,23-,26-/m0/s1. The summed E-state index contributed by atoms with van der Waals surface area (Å²) in [7, 11) is 1.39. The minimum Gasteiger partial charge on any atom is -0.493 e. The van der Waals surface area contributed by atoms with Crippen molar-refractivity contribution >= 4 is 17.8 Å². The topological polar surface area (TPSA) is 132 Å². The summed E-state index contributed by atoms with van der Waals surface area (Å²) in [6.45, 7) is 7.33. The molecule has 1 amide bonds. The highest BCUT2D eigenvalue weighted by Crippen LogP contribution is 2.30. The number of rotatable bonds is 11. The second-order valence-corrected chi connectivity index (χ2v) is 9.94. The molecular weight excluding hydrogens is 520 g/mol. The Kier molecular flexibility index (Phi) is 11.7. The van der Waals surface area contributed by atoms with Crippen LogP contribution in [0.1, 0.15) is 43.7 Å². The quantitative estimate of drug-likeness (QED) is 0.324. The van der Waals surface area contributed by atoms with Crippen LogP contribution in [0.2, 0.25) is 0 Å². The van der Waals surface area contributed by atoms with Gasteiger partial charge in [0.25, 0.3) is 5.91 Å². The highest BCUT2D eigenvalue weighted by atomic mass is 16.7. The summed E-state index contributed by atoms with van der Waals surface area (Å²) < 4.78 is 33.6. The molecule has 0 bridgehead atoms. The minimum atomic E-state index is -1.12. The lowest BCUT2D eigenvalue weighted by Crippen LogP contribution is -2.46. The Morgan fingerprint density at radius 1 is 1.15 bits per heavy atom. The fourth-order valence-electron chi connectivity index (χ4n) is 4.27. The number of amides is 1. The van der Waals surface area contributed by atoms with Crippen molar-refractivity contribution in [3.63, 3.8) is 0 Å². The van der Waals surface area contributed by atoms with Crippen LogP contribution in [0.15, 0.2) is 42.6 Å². The van der Waals surface area contributed by atoms with Crippen molar-refractivity contribution in [2.45, 2.75) is 52.4 Å². The maximum Gasteiger partial charge on any atom is 0.331 e. The first-order chi connectivity index (χ1) is 19.2. The van der Waals surface area contributed by atoms with E-state index in [1.165, 1.54) is 26.3 Å². The number of benzene rings is 1. The van der Waals surface area contributed by atoms with Gasteiger partial charge >= 0.3 is 11.9 Å². The van der Waals surface area contributed by atoms with Gasteiger partial charge in [-0.2, -0.15) is 0 Å². The Morgan fingerprint density at radius 3 is 2.58 bits per heavy atom. The van der Waals surface area contributed by atoms with Gasteiger partial charge in [0.1, 0.15) is 6.10 Å². The third-order valence-electron chi connectivity index (χ3n) is 6.17. The summed E-state index contributed by atoms with van der Waals surface area (Å²) in [5, 5.41) is 2.64. The molecule has 11 heteroatoms. The average Bonchev–Trinajstić information content (AvgIpc) is 2.96. The third kappa shape index (κ3) is 8.92. The van der Waals surface area contributed by atoms with Crippen molar-refractivity contribution in [1.82, 2.24) is 10.3 Å². The van der Waals surface area contributed by atoms with Crippen LogP contribution < -0.4 is 14.8 Å². The summed E-state index contributed by atoms with van der Waals surface area (Å²) in [4.78, 5) is 41.7. The normalized spacial score (nSPS) is 21.4. The molecule has 2 aromatic rings. The molecule has 3 rings (SSSR count). The maximum absolute atomic E-state index is 13.3. The maximum atomic E-state index is 13.3. The van der Waals surface area contributed by atoms with E-state index in [2.05, 4.69) is 24.1 Å². The lowest BCUT2D eigenvalue weighted by Gasteiger charge is -2.31. The summed E-state index contributed by atoms with van der Waals surface area (Å²) in [5.41, 5.74) is 0.953. The highest BCUT2D eigenvalue weighted by Gasteiger charge is 2.36. The lowest BCUT2D eigenvalue weighted by molar-refractivity contribution is -0.161. The monoisotopic (exact) mass is 558 g/mol. The Hall–Kier alpha value is -3.70. The number of carbonyl (C=O) groups is 3. The van der Waals surface area contributed by atoms with Gasteiger partial charge in [-0.15, -0.1) is 0 Å². The number of aromatic nitrogens is 1. The fourth-order valence-corrected chi connectivity index (χ4v) is 4.27. The molecule has 1 aliphatic rings. The van der Waals surface area contributed by atoms with Gasteiger partial charge in [0.2, 0.25) is 6.79 Å². The van der Waals surface area contributed by atoms with E-state index >= 15 is 0 Å². The van der Waals surface area contributed by atoms with Gasteiger partial charge < -0.3 is 33.7 Å². The number of pyridine rings is 1.